The first-order valence-corrected chi connectivity index (χ1v) is 4.23. The highest BCUT2D eigenvalue weighted by Crippen LogP contribution is 2.12. The van der Waals surface area contributed by atoms with Crippen LogP contribution in [0.5, 0.6) is 5.75 Å². The summed E-state index contributed by atoms with van der Waals surface area (Å²) in [6.07, 6.45) is 2.27. The lowest BCUT2D eigenvalue weighted by molar-refractivity contribution is 0.291. The van der Waals surface area contributed by atoms with E-state index < -0.39 is 0 Å². The van der Waals surface area contributed by atoms with Crippen LogP contribution in [0, 0.1) is 0 Å². The van der Waals surface area contributed by atoms with Crippen LogP contribution >= 0.6 is 0 Å². The second kappa shape index (κ2) is 5.32. The van der Waals surface area contributed by atoms with Gasteiger partial charge < -0.3 is 10.2 Å². The molecule has 0 atom stereocenters. The third kappa shape index (κ3) is 3.25. The molecule has 70 valence electrons. The van der Waals surface area contributed by atoms with Gasteiger partial charge in [-0.25, -0.2) is 0 Å². The number of para-hydroxylation sites is 1. The Morgan fingerprint density at radius 1 is 1.31 bits per heavy atom. The number of aliphatic hydroxyl groups is 1. The van der Waals surface area contributed by atoms with Gasteiger partial charge in [0.25, 0.3) is 0 Å². The predicted octanol–water partition coefficient (Wildman–Crippen LogP) is 1.19. The maximum Gasteiger partial charge on any atom is 0.124 e. The molecule has 0 aliphatic heterocycles. The second-order valence-corrected chi connectivity index (χ2v) is 2.67. The van der Waals surface area contributed by atoms with E-state index in [0.717, 1.165) is 0 Å². The zero-order chi connectivity index (χ0) is 9.52. The van der Waals surface area contributed by atoms with Gasteiger partial charge >= 0.3 is 0 Å². The zero-order valence-electron chi connectivity index (χ0n) is 7.35. The summed E-state index contributed by atoms with van der Waals surface area (Å²) in [4.78, 5) is 4.05. The number of nitrogens with zero attached hydrogens (tertiary/aromatic N) is 1. The lowest BCUT2D eigenvalue weighted by Gasteiger charge is -1.96. The molecule has 0 amide bonds. The molecule has 0 radical (unpaired) electrons. The van der Waals surface area contributed by atoms with Crippen LogP contribution in [0.4, 0.5) is 0 Å². The minimum atomic E-state index is 0.151. The number of aromatic hydroxyl groups is 1. The van der Waals surface area contributed by atoms with Crippen molar-refractivity contribution in [2.45, 2.75) is 6.42 Å². The lowest BCUT2D eigenvalue weighted by atomic mass is 10.2. The molecular formula is C10H13NO2. The molecule has 0 spiro atoms. The Balaban J connectivity index is 2.53. The molecule has 0 saturated heterocycles. The highest BCUT2D eigenvalue weighted by molar-refractivity contribution is 5.83. The van der Waals surface area contributed by atoms with Crippen LogP contribution in [0.1, 0.15) is 12.0 Å². The Kier molecular flexibility index (Phi) is 3.99. The van der Waals surface area contributed by atoms with E-state index in [1.807, 2.05) is 6.07 Å². The number of hydrogen-bond acceptors (Lipinski definition) is 3. The first-order valence-electron chi connectivity index (χ1n) is 4.23. The van der Waals surface area contributed by atoms with Crippen molar-refractivity contribution in [3.8, 4) is 5.75 Å². The van der Waals surface area contributed by atoms with Gasteiger partial charge in [0, 0.05) is 24.9 Å². The Bertz CT molecular complexity index is 284. The van der Waals surface area contributed by atoms with Crippen LogP contribution in [0.3, 0.4) is 0 Å². The van der Waals surface area contributed by atoms with Gasteiger partial charge in [0.2, 0.25) is 0 Å². The summed E-state index contributed by atoms with van der Waals surface area (Å²) >= 11 is 0. The summed E-state index contributed by atoms with van der Waals surface area (Å²) in [6.45, 7) is 0.739. The Morgan fingerprint density at radius 3 is 2.77 bits per heavy atom. The van der Waals surface area contributed by atoms with Crippen molar-refractivity contribution in [1.29, 1.82) is 0 Å². The molecule has 3 nitrogen and oxygen atoms in total. The van der Waals surface area contributed by atoms with Crippen molar-refractivity contribution in [3.05, 3.63) is 29.8 Å². The number of phenolic OH excluding ortho intramolecular Hbond substituents is 1. The van der Waals surface area contributed by atoms with Gasteiger partial charge in [-0.2, -0.15) is 0 Å². The largest absolute Gasteiger partial charge is 0.507 e. The van der Waals surface area contributed by atoms with Gasteiger partial charge in [-0.05, 0) is 18.6 Å². The number of rotatable bonds is 4. The van der Waals surface area contributed by atoms with Gasteiger partial charge in [-0.3, -0.25) is 4.99 Å². The van der Waals surface area contributed by atoms with Crippen LogP contribution in [0.2, 0.25) is 0 Å². The first-order chi connectivity index (χ1) is 6.34. The second-order valence-electron chi connectivity index (χ2n) is 2.67. The van der Waals surface area contributed by atoms with E-state index in [1.165, 1.54) is 0 Å². The summed E-state index contributed by atoms with van der Waals surface area (Å²) in [5.74, 6) is 0.232. The van der Waals surface area contributed by atoms with Gasteiger partial charge in [-0.1, -0.05) is 12.1 Å². The molecule has 13 heavy (non-hydrogen) atoms. The molecule has 2 N–H and O–H groups in total. The third-order valence-electron chi connectivity index (χ3n) is 1.61. The molecule has 1 rings (SSSR count). The molecule has 0 aromatic heterocycles. The van der Waals surface area contributed by atoms with E-state index in [-0.39, 0.29) is 12.4 Å². The maximum atomic E-state index is 9.33. The average Bonchev–Trinajstić information content (AvgIpc) is 2.15. The summed E-state index contributed by atoms with van der Waals surface area (Å²) in [5, 5.41) is 17.8. The van der Waals surface area contributed by atoms with E-state index in [4.69, 9.17) is 5.11 Å². The average molecular weight is 179 g/mol. The molecule has 1 aromatic rings. The number of phenols is 1. The normalized spacial score (nSPS) is 10.8. The molecular weight excluding hydrogens is 166 g/mol. The molecule has 0 aliphatic rings. The van der Waals surface area contributed by atoms with Crippen LogP contribution in [-0.2, 0) is 0 Å². The zero-order valence-corrected chi connectivity index (χ0v) is 7.35. The minimum absolute atomic E-state index is 0.151. The van der Waals surface area contributed by atoms with E-state index in [0.29, 0.717) is 18.5 Å². The van der Waals surface area contributed by atoms with Crippen LogP contribution < -0.4 is 0 Å². The number of benzene rings is 1. The van der Waals surface area contributed by atoms with Crippen molar-refractivity contribution in [1.82, 2.24) is 0 Å². The van der Waals surface area contributed by atoms with Crippen LogP contribution in [0.15, 0.2) is 29.3 Å². The molecule has 1 aromatic carbocycles. The van der Waals surface area contributed by atoms with Crippen molar-refractivity contribution in [3.63, 3.8) is 0 Å². The van der Waals surface area contributed by atoms with Gasteiger partial charge in [0.05, 0.1) is 0 Å². The monoisotopic (exact) mass is 179 g/mol. The Hall–Kier alpha value is -1.35. The summed E-state index contributed by atoms with van der Waals surface area (Å²) in [6, 6.07) is 7.01. The Morgan fingerprint density at radius 2 is 2.08 bits per heavy atom. The highest BCUT2D eigenvalue weighted by atomic mass is 16.3. The van der Waals surface area contributed by atoms with Gasteiger partial charge in [-0.15, -0.1) is 0 Å². The topological polar surface area (TPSA) is 52.8 Å². The van der Waals surface area contributed by atoms with Crippen molar-refractivity contribution >= 4 is 6.21 Å². The van der Waals surface area contributed by atoms with E-state index in [2.05, 4.69) is 4.99 Å². The lowest BCUT2D eigenvalue weighted by Crippen LogP contribution is -1.88. The van der Waals surface area contributed by atoms with Crippen molar-refractivity contribution < 1.29 is 10.2 Å². The third-order valence-corrected chi connectivity index (χ3v) is 1.61. The quantitative estimate of drug-likeness (QED) is 0.539. The highest BCUT2D eigenvalue weighted by Gasteiger charge is 1.93. The summed E-state index contributed by atoms with van der Waals surface area (Å²) in [7, 11) is 0. The smallest absolute Gasteiger partial charge is 0.124 e. The fourth-order valence-electron chi connectivity index (χ4n) is 0.922. The summed E-state index contributed by atoms with van der Waals surface area (Å²) in [5.41, 5.74) is 0.709. The molecule has 0 bridgehead atoms. The van der Waals surface area contributed by atoms with Crippen LogP contribution in [0.25, 0.3) is 0 Å². The molecule has 3 heteroatoms. The fourth-order valence-corrected chi connectivity index (χ4v) is 0.922. The maximum absolute atomic E-state index is 9.33. The first kappa shape index (κ1) is 9.74. The summed E-state index contributed by atoms with van der Waals surface area (Å²) < 4.78 is 0. The molecule has 0 aliphatic carbocycles. The predicted molar refractivity (Wildman–Crippen MR) is 52.3 cm³/mol. The molecule has 0 heterocycles. The van der Waals surface area contributed by atoms with Gasteiger partial charge in [0.15, 0.2) is 0 Å². The van der Waals surface area contributed by atoms with E-state index in [9.17, 15) is 5.11 Å². The van der Waals surface area contributed by atoms with Crippen molar-refractivity contribution in [2.75, 3.05) is 13.2 Å². The fraction of sp³-hybridized carbons (Fsp3) is 0.300. The number of aliphatic imine (C=N–C) groups is 1. The van der Waals surface area contributed by atoms with Crippen LogP contribution in [-0.4, -0.2) is 29.6 Å². The molecule has 0 unspecified atom stereocenters. The number of hydrogen-bond donors (Lipinski definition) is 2. The van der Waals surface area contributed by atoms with E-state index >= 15 is 0 Å². The SMILES string of the molecule is OCCC/N=C/c1ccccc1O. The minimum Gasteiger partial charge on any atom is -0.507 e. The Labute approximate surface area is 77.4 Å². The standard InChI is InChI=1S/C10H13NO2/c12-7-3-6-11-8-9-4-1-2-5-10(9)13/h1-2,4-5,8,12-13H,3,6-7H2/b11-8+. The molecule has 0 saturated carbocycles. The van der Waals surface area contributed by atoms with Crippen molar-refractivity contribution in [2.24, 2.45) is 4.99 Å². The van der Waals surface area contributed by atoms with Gasteiger partial charge in [0.1, 0.15) is 5.75 Å². The van der Waals surface area contributed by atoms with E-state index in [1.54, 1.807) is 24.4 Å². The number of aliphatic hydroxyl groups excluding tert-OH is 1. The molecule has 0 fully saturated rings.